The third kappa shape index (κ3) is 3.20. The number of alkyl halides is 3. The Morgan fingerprint density at radius 2 is 2.06 bits per heavy atom. The van der Waals surface area contributed by atoms with Crippen LogP contribution in [0, 0.1) is 17.0 Å². The maximum atomic E-state index is 12.0. The number of hydrogen-bond acceptors (Lipinski definition) is 5. The lowest BCUT2D eigenvalue weighted by molar-refractivity contribution is -0.393. The summed E-state index contributed by atoms with van der Waals surface area (Å²) in [6, 6.07) is 0.845. The average molecular weight is 252 g/mol. The number of aromatic nitrogens is 1. The Kier molecular flexibility index (Phi) is 3.39. The second-order valence-electron chi connectivity index (χ2n) is 2.94. The number of hydrogen-bond donors (Lipinski definition) is 0. The van der Waals surface area contributed by atoms with Crippen LogP contribution >= 0.6 is 0 Å². The molecule has 94 valence electrons. The van der Waals surface area contributed by atoms with Crippen LogP contribution in [0.5, 0.6) is 11.6 Å². The van der Waals surface area contributed by atoms with Gasteiger partial charge in [-0.25, -0.2) is 0 Å². The molecule has 17 heavy (non-hydrogen) atoms. The molecule has 0 amide bonds. The van der Waals surface area contributed by atoms with Crippen molar-refractivity contribution in [1.82, 2.24) is 4.98 Å². The molecule has 0 saturated heterocycles. The lowest BCUT2D eigenvalue weighted by Gasteiger charge is -2.09. The van der Waals surface area contributed by atoms with E-state index in [9.17, 15) is 23.3 Å². The van der Waals surface area contributed by atoms with Crippen molar-refractivity contribution in [3.8, 4) is 11.6 Å². The molecule has 1 aromatic heterocycles. The first-order valence-electron chi connectivity index (χ1n) is 4.20. The van der Waals surface area contributed by atoms with Gasteiger partial charge in [0.15, 0.2) is 0 Å². The highest BCUT2D eigenvalue weighted by molar-refractivity contribution is 5.46. The molecule has 6 nitrogen and oxygen atoms in total. The molecule has 0 aromatic carbocycles. The van der Waals surface area contributed by atoms with E-state index in [4.69, 9.17) is 0 Å². The van der Waals surface area contributed by atoms with Crippen molar-refractivity contribution >= 4 is 5.82 Å². The zero-order valence-electron chi connectivity index (χ0n) is 8.74. The molecular formula is C8H7F3N2O4. The standard InChI is InChI=1S/C8H7F3N2O4/c1-4-3-5(17-8(9,10)11)6(13(14)15)12-7(4)16-2/h3H,1-2H3. The zero-order valence-corrected chi connectivity index (χ0v) is 8.74. The third-order valence-electron chi connectivity index (χ3n) is 1.70. The summed E-state index contributed by atoms with van der Waals surface area (Å²) in [5.41, 5.74) is 0.192. The Morgan fingerprint density at radius 3 is 2.47 bits per heavy atom. The van der Waals surface area contributed by atoms with Crippen LogP contribution in [0.25, 0.3) is 0 Å². The van der Waals surface area contributed by atoms with Gasteiger partial charge in [-0.3, -0.25) is 0 Å². The van der Waals surface area contributed by atoms with E-state index in [0.29, 0.717) is 0 Å². The minimum Gasteiger partial charge on any atom is -0.463 e. The zero-order chi connectivity index (χ0) is 13.2. The number of nitrogens with zero attached hydrogens (tertiary/aromatic N) is 2. The number of rotatable bonds is 3. The lowest BCUT2D eigenvalue weighted by atomic mass is 10.3. The van der Waals surface area contributed by atoms with Crippen LogP contribution in [0.2, 0.25) is 0 Å². The summed E-state index contributed by atoms with van der Waals surface area (Å²) in [5, 5.41) is 10.5. The van der Waals surface area contributed by atoms with Gasteiger partial charge in [0, 0.05) is 16.6 Å². The van der Waals surface area contributed by atoms with Crippen molar-refractivity contribution < 1.29 is 27.6 Å². The van der Waals surface area contributed by atoms with Crippen LogP contribution in [0.4, 0.5) is 19.0 Å². The van der Waals surface area contributed by atoms with Gasteiger partial charge in [-0.15, -0.1) is 13.2 Å². The first-order valence-corrected chi connectivity index (χ1v) is 4.20. The smallest absolute Gasteiger partial charge is 0.463 e. The van der Waals surface area contributed by atoms with Crippen molar-refractivity contribution in [2.24, 2.45) is 0 Å². The molecule has 0 unspecified atom stereocenters. The number of pyridine rings is 1. The molecule has 0 saturated carbocycles. The fourth-order valence-electron chi connectivity index (χ4n) is 1.10. The maximum Gasteiger partial charge on any atom is 0.573 e. The number of aryl methyl sites for hydroxylation is 1. The van der Waals surface area contributed by atoms with E-state index in [1.54, 1.807) is 0 Å². The molecule has 1 heterocycles. The normalized spacial score (nSPS) is 11.1. The highest BCUT2D eigenvalue weighted by Crippen LogP contribution is 2.34. The van der Waals surface area contributed by atoms with Crippen molar-refractivity contribution in [2.75, 3.05) is 7.11 Å². The number of methoxy groups -OCH3 is 1. The van der Waals surface area contributed by atoms with Gasteiger partial charge in [-0.2, -0.15) is 0 Å². The summed E-state index contributed by atoms with van der Waals surface area (Å²) in [6.45, 7) is 1.39. The second-order valence-corrected chi connectivity index (χ2v) is 2.94. The molecule has 9 heteroatoms. The Hall–Kier alpha value is -2.06. The topological polar surface area (TPSA) is 74.5 Å². The minimum atomic E-state index is -5.02. The van der Waals surface area contributed by atoms with Crippen LogP contribution < -0.4 is 9.47 Å². The van der Waals surface area contributed by atoms with E-state index in [-0.39, 0.29) is 11.4 Å². The first-order chi connectivity index (χ1) is 7.74. The summed E-state index contributed by atoms with van der Waals surface area (Å²) < 4.78 is 44.2. The van der Waals surface area contributed by atoms with Gasteiger partial charge in [0.2, 0.25) is 5.75 Å². The van der Waals surface area contributed by atoms with Gasteiger partial charge >= 0.3 is 18.1 Å². The Morgan fingerprint density at radius 1 is 1.47 bits per heavy atom. The molecule has 0 aliphatic rings. The summed E-state index contributed by atoms with van der Waals surface area (Å²) in [4.78, 5) is 12.8. The van der Waals surface area contributed by atoms with E-state index in [2.05, 4.69) is 14.5 Å². The minimum absolute atomic E-state index is 0.133. The average Bonchev–Trinajstić information content (AvgIpc) is 2.14. The number of nitro groups is 1. The fraction of sp³-hybridized carbons (Fsp3) is 0.375. The molecule has 0 radical (unpaired) electrons. The van der Waals surface area contributed by atoms with E-state index >= 15 is 0 Å². The number of ether oxygens (including phenoxy) is 2. The van der Waals surface area contributed by atoms with Crippen LogP contribution in [0.15, 0.2) is 6.07 Å². The third-order valence-corrected chi connectivity index (χ3v) is 1.70. The molecule has 1 aromatic rings. The maximum absolute atomic E-state index is 12.0. The van der Waals surface area contributed by atoms with Crippen molar-refractivity contribution in [3.05, 3.63) is 21.7 Å². The predicted octanol–water partition coefficient (Wildman–Crippen LogP) is 2.21. The van der Waals surface area contributed by atoms with Crippen molar-refractivity contribution in [3.63, 3.8) is 0 Å². The van der Waals surface area contributed by atoms with Gasteiger partial charge in [0.1, 0.15) is 0 Å². The number of halogens is 3. The van der Waals surface area contributed by atoms with Crippen molar-refractivity contribution in [1.29, 1.82) is 0 Å². The van der Waals surface area contributed by atoms with Gasteiger partial charge in [-0.1, -0.05) is 0 Å². The quantitative estimate of drug-likeness (QED) is 0.609. The first kappa shape index (κ1) is 13.0. The van der Waals surface area contributed by atoms with Crippen molar-refractivity contribution in [2.45, 2.75) is 13.3 Å². The monoisotopic (exact) mass is 252 g/mol. The van der Waals surface area contributed by atoms with Crippen LogP contribution in [0.3, 0.4) is 0 Å². The Balaban J connectivity index is 3.28. The highest BCUT2D eigenvalue weighted by Gasteiger charge is 2.36. The van der Waals surface area contributed by atoms with Crippen LogP contribution in [0.1, 0.15) is 5.56 Å². The van der Waals surface area contributed by atoms with Gasteiger partial charge < -0.3 is 19.6 Å². The second kappa shape index (κ2) is 4.44. The molecule has 0 N–H and O–H groups in total. The van der Waals surface area contributed by atoms with Crippen LogP contribution in [-0.4, -0.2) is 23.4 Å². The largest absolute Gasteiger partial charge is 0.573 e. The van der Waals surface area contributed by atoms with Gasteiger partial charge in [-0.05, 0) is 11.8 Å². The summed E-state index contributed by atoms with van der Waals surface area (Å²) >= 11 is 0. The molecule has 0 bridgehead atoms. The Labute approximate surface area is 93.1 Å². The van der Waals surface area contributed by atoms with Gasteiger partial charge in [0.25, 0.3) is 0 Å². The molecule has 0 aliphatic carbocycles. The van der Waals surface area contributed by atoms with Gasteiger partial charge in [0.05, 0.1) is 7.11 Å². The highest BCUT2D eigenvalue weighted by atomic mass is 19.4. The Bertz CT molecular complexity index is 447. The van der Waals surface area contributed by atoms with E-state index < -0.39 is 22.9 Å². The summed E-state index contributed by atoms with van der Waals surface area (Å²) in [5.74, 6) is -2.16. The predicted molar refractivity (Wildman–Crippen MR) is 48.9 cm³/mol. The van der Waals surface area contributed by atoms with E-state index in [0.717, 1.165) is 6.07 Å². The van der Waals surface area contributed by atoms with E-state index in [1.165, 1.54) is 14.0 Å². The SMILES string of the molecule is COc1nc([N+](=O)[O-])c(OC(F)(F)F)cc1C. The molecule has 0 atom stereocenters. The molecular weight excluding hydrogens is 245 g/mol. The molecule has 0 fully saturated rings. The van der Waals surface area contributed by atoms with Crippen LogP contribution in [-0.2, 0) is 0 Å². The fourth-order valence-corrected chi connectivity index (χ4v) is 1.10. The van der Waals surface area contributed by atoms with E-state index in [1.807, 2.05) is 0 Å². The lowest BCUT2D eigenvalue weighted by Crippen LogP contribution is -2.18. The molecule has 0 aliphatic heterocycles. The summed E-state index contributed by atoms with van der Waals surface area (Å²) in [6.07, 6.45) is -5.02. The molecule has 1 rings (SSSR count). The molecule has 0 spiro atoms. The summed E-state index contributed by atoms with van der Waals surface area (Å²) in [7, 11) is 1.20.